The van der Waals surface area contributed by atoms with E-state index in [9.17, 15) is 4.79 Å². The molecule has 24 heavy (non-hydrogen) atoms. The number of thioether (sulfide) groups is 1. The van der Waals surface area contributed by atoms with Gasteiger partial charge in [0.25, 0.3) is 5.91 Å². The molecule has 6 heteroatoms. The van der Waals surface area contributed by atoms with Crippen molar-refractivity contribution in [1.29, 1.82) is 0 Å². The minimum absolute atomic E-state index is 0.135. The molecule has 0 aromatic heterocycles. The predicted molar refractivity (Wildman–Crippen MR) is 103 cm³/mol. The summed E-state index contributed by atoms with van der Waals surface area (Å²) < 4.78 is 6.25. The van der Waals surface area contributed by atoms with Crippen molar-refractivity contribution in [2.24, 2.45) is 4.99 Å². The van der Waals surface area contributed by atoms with Gasteiger partial charge in [0.05, 0.1) is 17.7 Å². The van der Waals surface area contributed by atoms with Gasteiger partial charge in [0.15, 0.2) is 5.17 Å². The minimum Gasteiger partial charge on any atom is -0.496 e. The third kappa shape index (κ3) is 3.88. The number of aliphatic imine (C=N–C) groups is 1. The van der Waals surface area contributed by atoms with Crippen molar-refractivity contribution in [3.8, 4) is 5.75 Å². The first-order valence-corrected chi connectivity index (χ1v) is 8.86. The highest BCUT2D eigenvalue weighted by Crippen LogP contribution is 2.29. The number of hydrogen-bond acceptors (Lipinski definition) is 4. The van der Waals surface area contributed by atoms with Crippen LogP contribution in [0.15, 0.2) is 56.8 Å². The van der Waals surface area contributed by atoms with Gasteiger partial charge in [-0.15, -0.1) is 0 Å². The van der Waals surface area contributed by atoms with Crippen LogP contribution in [0.2, 0.25) is 0 Å². The lowest BCUT2D eigenvalue weighted by atomic mass is 10.1. The van der Waals surface area contributed by atoms with Crippen molar-refractivity contribution in [3.05, 3.63) is 63.0 Å². The van der Waals surface area contributed by atoms with E-state index >= 15 is 0 Å². The Hall–Kier alpha value is -2.05. The van der Waals surface area contributed by atoms with Gasteiger partial charge < -0.3 is 10.1 Å². The van der Waals surface area contributed by atoms with Crippen LogP contribution in [0.5, 0.6) is 5.75 Å². The highest BCUT2D eigenvalue weighted by Gasteiger charge is 2.23. The Morgan fingerprint density at radius 3 is 2.62 bits per heavy atom. The highest BCUT2D eigenvalue weighted by molar-refractivity contribution is 9.10. The van der Waals surface area contributed by atoms with Gasteiger partial charge in [-0.25, -0.2) is 4.99 Å². The van der Waals surface area contributed by atoms with Crippen LogP contribution in [-0.2, 0) is 4.79 Å². The number of aryl methyl sites for hydroxylation is 1. The lowest BCUT2D eigenvalue weighted by Crippen LogP contribution is -2.19. The fraction of sp³-hybridized carbons (Fsp3) is 0.111. The summed E-state index contributed by atoms with van der Waals surface area (Å²) in [6.45, 7) is 1.98. The lowest BCUT2D eigenvalue weighted by molar-refractivity contribution is -0.115. The number of carbonyl (C=O) groups is 1. The largest absolute Gasteiger partial charge is 0.496 e. The zero-order valence-electron chi connectivity index (χ0n) is 13.2. The van der Waals surface area contributed by atoms with Crippen LogP contribution in [0.25, 0.3) is 6.08 Å². The van der Waals surface area contributed by atoms with Gasteiger partial charge in [0, 0.05) is 4.47 Å². The fourth-order valence-electron chi connectivity index (χ4n) is 2.26. The molecular weight excluding hydrogens is 388 g/mol. The van der Waals surface area contributed by atoms with E-state index in [0.29, 0.717) is 10.1 Å². The normalized spacial score (nSPS) is 17.4. The number of amidine groups is 1. The SMILES string of the molecule is COc1ccc(/C=C2/SC(=Nc3ccc(Br)cc3)NC2=O)cc1C. The number of ether oxygens (including phenoxy) is 1. The smallest absolute Gasteiger partial charge is 0.264 e. The second kappa shape index (κ2) is 7.23. The summed E-state index contributed by atoms with van der Waals surface area (Å²) in [5, 5.41) is 3.38. The van der Waals surface area contributed by atoms with Gasteiger partial charge in [-0.05, 0) is 72.3 Å². The number of nitrogens with one attached hydrogen (secondary N) is 1. The van der Waals surface area contributed by atoms with E-state index in [1.807, 2.05) is 55.5 Å². The fourth-order valence-corrected chi connectivity index (χ4v) is 3.36. The topological polar surface area (TPSA) is 50.7 Å². The molecule has 2 aromatic carbocycles. The number of methoxy groups -OCH3 is 1. The van der Waals surface area contributed by atoms with E-state index in [2.05, 4.69) is 26.2 Å². The van der Waals surface area contributed by atoms with E-state index in [1.54, 1.807) is 7.11 Å². The Labute approximate surface area is 153 Å². The quantitative estimate of drug-likeness (QED) is 0.759. The maximum atomic E-state index is 12.1. The molecule has 1 amide bonds. The summed E-state index contributed by atoms with van der Waals surface area (Å²) in [6.07, 6.45) is 1.86. The van der Waals surface area contributed by atoms with Crippen LogP contribution in [0.4, 0.5) is 5.69 Å². The van der Waals surface area contributed by atoms with Gasteiger partial charge >= 0.3 is 0 Å². The Balaban J connectivity index is 1.81. The van der Waals surface area contributed by atoms with Crippen molar-refractivity contribution in [2.45, 2.75) is 6.92 Å². The third-order valence-electron chi connectivity index (χ3n) is 3.42. The Morgan fingerprint density at radius 1 is 1.21 bits per heavy atom. The summed E-state index contributed by atoms with van der Waals surface area (Å²) in [4.78, 5) is 17.2. The van der Waals surface area contributed by atoms with Gasteiger partial charge in [-0.2, -0.15) is 0 Å². The second-order valence-corrected chi connectivity index (χ2v) is 7.13. The van der Waals surface area contributed by atoms with Crippen LogP contribution in [0.1, 0.15) is 11.1 Å². The first-order chi connectivity index (χ1) is 11.5. The Bertz CT molecular complexity index is 845. The van der Waals surface area contributed by atoms with E-state index < -0.39 is 0 Å². The van der Waals surface area contributed by atoms with Gasteiger partial charge in [-0.1, -0.05) is 22.0 Å². The van der Waals surface area contributed by atoms with Gasteiger partial charge in [-0.3, -0.25) is 4.79 Å². The molecule has 4 nitrogen and oxygen atoms in total. The van der Waals surface area contributed by atoms with E-state index in [-0.39, 0.29) is 5.91 Å². The molecular formula is C18H15BrN2O2S. The first-order valence-electron chi connectivity index (χ1n) is 7.25. The van der Waals surface area contributed by atoms with Gasteiger partial charge in [0.2, 0.25) is 0 Å². The summed E-state index contributed by atoms with van der Waals surface area (Å²) in [6, 6.07) is 13.4. The average molecular weight is 403 g/mol. The minimum atomic E-state index is -0.135. The van der Waals surface area contributed by atoms with E-state index in [0.717, 1.165) is 27.0 Å². The molecule has 1 aliphatic rings. The van der Waals surface area contributed by atoms with Crippen LogP contribution in [0, 0.1) is 6.92 Å². The summed E-state index contributed by atoms with van der Waals surface area (Å²) >= 11 is 4.72. The molecule has 1 N–H and O–H groups in total. The number of amides is 1. The molecule has 0 saturated carbocycles. The van der Waals surface area contributed by atoms with Crippen LogP contribution >= 0.6 is 27.7 Å². The number of carbonyl (C=O) groups excluding carboxylic acids is 1. The summed E-state index contributed by atoms with van der Waals surface area (Å²) in [5.74, 6) is 0.697. The molecule has 0 aliphatic carbocycles. The standard InChI is InChI=1S/C18H15BrN2O2S/c1-11-9-12(3-8-15(11)23-2)10-16-17(22)21-18(24-16)20-14-6-4-13(19)5-7-14/h3-10H,1-2H3,(H,20,21,22)/b16-10+. The molecule has 2 aromatic rings. The first kappa shape index (κ1) is 16.8. The molecule has 0 unspecified atom stereocenters. The van der Waals surface area contributed by atoms with Crippen LogP contribution in [-0.4, -0.2) is 18.2 Å². The molecule has 122 valence electrons. The average Bonchev–Trinajstić information content (AvgIpc) is 2.89. The number of halogens is 1. The number of nitrogens with zero attached hydrogens (tertiary/aromatic N) is 1. The van der Waals surface area contributed by atoms with E-state index in [1.165, 1.54) is 11.8 Å². The third-order valence-corrected chi connectivity index (χ3v) is 4.86. The maximum Gasteiger partial charge on any atom is 0.264 e. The zero-order valence-corrected chi connectivity index (χ0v) is 15.6. The predicted octanol–water partition coefficient (Wildman–Crippen LogP) is 4.66. The molecule has 1 fully saturated rings. The number of rotatable bonds is 3. The maximum absolute atomic E-state index is 12.1. The lowest BCUT2D eigenvalue weighted by Gasteiger charge is -2.04. The van der Waals surface area contributed by atoms with Crippen LogP contribution < -0.4 is 10.1 Å². The molecule has 1 saturated heterocycles. The molecule has 0 bridgehead atoms. The Morgan fingerprint density at radius 2 is 1.96 bits per heavy atom. The molecule has 3 rings (SSSR count). The molecule has 1 heterocycles. The monoisotopic (exact) mass is 402 g/mol. The zero-order chi connectivity index (χ0) is 17.1. The molecule has 1 aliphatic heterocycles. The van der Waals surface area contributed by atoms with Crippen LogP contribution in [0.3, 0.4) is 0 Å². The van der Waals surface area contributed by atoms with Crippen molar-refractivity contribution in [1.82, 2.24) is 5.32 Å². The number of benzene rings is 2. The van der Waals surface area contributed by atoms with E-state index in [4.69, 9.17) is 4.74 Å². The van der Waals surface area contributed by atoms with Crippen molar-refractivity contribution in [3.63, 3.8) is 0 Å². The number of hydrogen-bond donors (Lipinski definition) is 1. The molecule has 0 atom stereocenters. The summed E-state index contributed by atoms with van der Waals surface area (Å²) in [5.41, 5.74) is 2.78. The highest BCUT2D eigenvalue weighted by atomic mass is 79.9. The molecule has 0 spiro atoms. The summed E-state index contributed by atoms with van der Waals surface area (Å²) in [7, 11) is 1.64. The van der Waals surface area contributed by atoms with Crippen molar-refractivity contribution < 1.29 is 9.53 Å². The van der Waals surface area contributed by atoms with Crippen molar-refractivity contribution in [2.75, 3.05) is 7.11 Å². The Kier molecular flexibility index (Phi) is 5.06. The second-order valence-electron chi connectivity index (χ2n) is 5.19. The van der Waals surface area contributed by atoms with Gasteiger partial charge in [0.1, 0.15) is 5.75 Å². The molecule has 0 radical (unpaired) electrons. The van der Waals surface area contributed by atoms with Crippen molar-refractivity contribution >= 4 is 50.5 Å².